The van der Waals surface area contributed by atoms with E-state index in [0.29, 0.717) is 18.1 Å². The van der Waals surface area contributed by atoms with E-state index < -0.39 is 0 Å². The highest BCUT2D eigenvalue weighted by molar-refractivity contribution is 5.95. The molecular weight excluding hydrogens is 336 g/mol. The molecule has 27 heavy (non-hydrogen) atoms. The Hall–Kier alpha value is -3.98. The van der Waals surface area contributed by atoms with Gasteiger partial charge in [-0.2, -0.15) is 5.26 Å². The SMILES string of the molecule is C=CCn1cnc2c(-c3ccccc3)cc(Nc3ncc(C#N)cn3)cc21. The minimum atomic E-state index is 0.421. The van der Waals surface area contributed by atoms with Crippen molar-refractivity contribution < 1.29 is 0 Å². The monoisotopic (exact) mass is 352 g/mol. The third kappa shape index (κ3) is 3.26. The van der Waals surface area contributed by atoms with Crippen molar-refractivity contribution in [2.45, 2.75) is 6.54 Å². The lowest BCUT2D eigenvalue weighted by Crippen LogP contribution is -1.99. The average Bonchev–Trinajstić information content (AvgIpc) is 3.12. The maximum Gasteiger partial charge on any atom is 0.227 e. The summed E-state index contributed by atoms with van der Waals surface area (Å²) in [6, 6.07) is 16.2. The molecule has 130 valence electrons. The predicted octanol–water partition coefficient (Wildman–Crippen LogP) is 4.29. The van der Waals surface area contributed by atoms with Gasteiger partial charge >= 0.3 is 0 Å². The van der Waals surface area contributed by atoms with E-state index in [1.54, 1.807) is 0 Å². The van der Waals surface area contributed by atoms with Crippen molar-refractivity contribution in [2.24, 2.45) is 0 Å². The lowest BCUT2D eigenvalue weighted by atomic mass is 10.0. The highest BCUT2D eigenvalue weighted by Crippen LogP contribution is 2.32. The molecule has 6 heteroatoms. The summed E-state index contributed by atoms with van der Waals surface area (Å²) in [7, 11) is 0. The van der Waals surface area contributed by atoms with Crippen LogP contribution in [0.25, 0.3) is 22.2 Å². The highest BCUT2D eigenvalue weighted by Gasteiger charge is 2.12. The summed E-state index contributed by atoms with van der Waals surface area (Å²) in [5.41, 5.74) is 5.28. The van der Waals surface area contributed by atoms with E-state index in [0.717, 1.165) is 27.8 Å². The predicted molar refractivity (Wildman–Crippen MR) is 105 cm³/mol. The van der Waals surface area contributed by atoms with E-state index in [1.165, 1.54) is 12.4 Å². The van der Waals surface area contributed by atoms with Crippen molar-refractivity contribution in [3.8, 4) is 17.2 Å². The molecule has 2 heterocycles. The topological polar surface area (TPSA) is 79.4 Å². The second-order valence-electron chi connectivity index (χ2n) is 5.98. The minimum absolute atomic E-state index is 0.421. The van der Waals surface area contributed by atoms with Gasteiger partial charge in [-0.1, -0.05) is 36.4 Å². The fraction of sp³-hybridized carbons (Fsp3) is 0.0476. The summed E-state index contributed by atoms with van der Waals surface area (Å²) in [6.07, 6.45) is 6.65. The van der Waals surface area contributed by atoms with Gasteiger partial charge in [0.15, 0.2) is 0 Å². The smallest absolute Gasteiger partial charge is 0.227 e. The third-order valence-electron chi connectivity index (χ3n) is 4.17. The van der Waals surface area contributed by atoms with Crippen molar-refractivity contribution >= 4 is 22.7 Å². The lowest BCUT2D eigenvalue weighted by molar-refractivity contribution is 0.851. The maximum absolute atomic E-state index is 8.89. The van der Waals surface area contributed by atoms with Gasteiger partial charge in [-0.15, -0.1) is 6.58 Å². The Bertz CT molecular complexity index is 1140. The summed E-state index contributed by atoms with van der Waals surface area (Å²) >= 11 is 0. The van der Waals surface area contributed by atoms with Gasteiger partial charge in [0.05, 0.1) is 35.3 Å². The van der Waals surface area contributed by atoms with Crippen LogP contribution in [0.3, 0.4) is 0 Å². The molecule has 0 atom stereocenters. The van der Waals surface area contributed by atoms with Gasteiger partial charge in [0.25, 0.3) is 0 Å². The van der Waals surface area contributed by atoms with Crippen LogP contribution in [0.5, 0.6) is 0 Å². The summed E-state index contributed by atoms with van der Waals surface area (Å²) < 4.78 is 2.04. The van der Waals surface area contributed by atoms with Crippen LogP contribution in [0.15, 0.2) is 73.8 Å². The first kappa shape index (κ1) is 16.5. The number of benzene rings is 2. The van der Waals surface area contributed by atoms with E-state index in [9.17, 15) is 0 Å². The fourth-order valence-electron chi connectivity index (χ4n) is 2.94. The van der Waals surface area contributed by atoms with Crippen LogP contribution in [0.4, 0.5) is 11.6 Å². The second kappa shape index (κ2) is 7.10. The molecule has 0 saturated carbocycles. The molecule has 0 spiro atoms. The number of anilines is 2. The molecule has 0 amide bonds. The number of nitrogens with one attached hydrogen (secondary N) is 1. The number of fused-ring (bicyclic) bond motifs is 1. The molecule has 0 saturated heterocycles. The molecule has 6 nitrogen and oxygen atoms in total. The molecule has 0 unspecified atom stereocenters. The van der Waals surface area contributed by atoms with E-state index >= 15 is 0 Å². The molecule has 0 fully saturated rings. The molecule has 2 aromatic heterocycles. The van der Waals surface area contributed by atoms with E-state index in [-0.39, 0.29) is 0 Å². The van der Waals surface area contributed by atoms with Gasteiger partial charge in [-0.25, -0.2) is 15.0 Å². The first-order chi connectivity index (χ1) is 13.3. The standard InChI is InChI=1S/C21H16N6/c1-2-8-27-14-25-20-18(16-6-4-3-5-7-16)9-17(10-19(20)27)26-21-23-12-15(11-22)13-24-21/h2-7,9-10,12-14H,1,8H2,(H,23,24,26). The summed E-state index contributed by atoms with van der Waals surface area (Å²) in [5, 5.41) is 12.1. The van der Waals surface area contributed by atoms with E-state index in [1.807, 2.05) is 53.4 Å². The summed E-state index contributed by atoms with van der Waals surface area (Å²) in [4.78, 5) is 13.0. The van der Waals surface area contributed by atoms with Gasteiger partial charge in [-0.3, -0.25) is 0 Å². The quantitative estimate of drug-likeness (QED) is 0.542. The second-order valence-corrected chi connectivity index (χ2v) is 5.98. The minimum Gasteiger partial charge on any atom is -0.327 e. The number of aromatic nitrogens is 4. The first-order valence-corrected chi connectivity index (χ1v) is 8.43. The Kier molecular flexibility index (Phi) is 4.33. The third-order valence-corrected chi connectivity index (χ3v) is 4.17. The Balaban J connectivity index is 1.83. The molecule has 0 bridgehead atoms. The highest BCUT2D eigenvalue weighted by atomic mass is 15.1. The van der Waals surface area contributed by atoms with Crippen LogP contribution in [0.1, 0.15) is 5.56 Å². The molecule has 0 aliphatic heterocycles. The van der Waals surface area contributed by atoms with Crippen molar-refractivity contribution in [1.29, 1.82) is 5.26 Å². The Morgan fingerprint density at radius 1 is 1.11 bits per heavy atom. The fourth-order valence-corrected chi connectivity index (χ4v) is 2.94. The molecule has 2 aromatic carbocycles. The van der Waals surface area contributed by atoms with Crippen molar-refractivity contribution in [1.82, 2.24) is 19.5 Å². The van der Waals surface area contributed by atoms with Crippen molar-refractivity contribution in [2.75, 3.05) is 5.32 Å². The van der Waals surface area contributed by atoms with Gasteiger partial charge in [-0.05, 0) is 17.7 Å². The molecule has 0 aliphatic rings. The Morgan fingerprint density at radius 2 is 1.89 bits per heavy atom. The number of nitrogens with zero attached hydrogens (tertiary/aromatic N) is 5. The molecule has 4 rings (SSSR count). The van der Waals surface area contributed by atoms with Crippen LogP contribution in [0.2, 0.25) is 0 Å². The molecule has 0 aliphatic carbocycles. The van der Waals surface area contributed by atoms with Crippen LogP contribution >= 0.6 is 0 Å². The van der Waals surface area contributed by atoms with Crippen LogP contribution < -0.4 is 5.32 Å². The van der Waals surface area contributed by atoms with E-state index in [4.69, 9.17) is 5.26 Å². The average molecular weight is 352 g/mol. The summed E-state index contributed by atoms with van der Waals surface area (Å²) in [5.74, 6) is 0.433. The lowest BCUT2D eigenvalue weighted by Gasteiger charge is -2.10. The van der Waals surface area contributed by atoms with Gasteiger partial charge in [0, 0.05) is 17.8 Å². The largest absolute Gasteiger partial charge is 0.327 e. The van der Waals surface area contributed by atoms with Crippen LogP contribution in [0, 0.1) is 11.3 Å². The number of imidazole rings is 1. The van der Waals surface area contributed by atoms with Gasteiger partial charge < -0.3 is 9.88 Å². The van der Waals surface area contributed by atoms with Crippen molar-refractivity contribution in [3.05, 3.63) is 79.4 Å². The number of allylic oxidation sites excluding steroid dienone is 1. The number of nitriles is 1. The van der Waals surface area contributed by atoms with Crippen LogP contribution in [-0.2, 0) is 6.54 Å². The van der Waals surface area contributed by atoms with Crippen LogP contribution in [-0.4, -0.2) is 19.5 Å². The van der Waals surface area contributed by atoms with Crippen molar-refractivity contribution in [3.63, 3.8) is 0 Å². The zero-order valence-corrected chi connectivity index (χ0v) is 14.5. The summed E-state index contributed by atoms with van der Waals surface area (Å²) in [6.45, 7) is 4.49. The number of rotatable bonds is 5. The van der Waals surface area contributed by atoms with Gasteiger partial charge in [0.2, 0.25) is 5.95 Å². The first-order valence-electron chi connectivity index (χ1n) is 8.43. The van der Waals surface area contributed by atoms with Gasteiger partial charge in [0.1, 0.15) is 6.07 Å². The maximum atomic E-state index is 8.89. The Morgan fingerprint density at radius 3 is 2.59 bits per heavy atom. The number of hydrogen-bond acceptors (Lipinski definition) is 5. The number of hydrogen-bond donors (Lipinski definition) is 1. The molecule has 4 aromatic rings. The molecule has 0 radical (unpaired) electrons. The zero-order valence-electron chi connectivity index (χ0n) is 14.5. The molecular formula is C21H16N6. The Labute approximate surface area is 156 Å². The normalized spacial score (nSPS) is 10.5. The molecule has 1 N–H and O–H groups in total. The van der Waals surface area contributed by atoms with E-state index in [2.05, 4.69) is 39.0 Å². The zero-order chi connectivity index (χ0) is 18.6.